The van der Waals surface area contributed by atoms with Crippen molar-refractivity contribution in [2.75, 3.05) is 5.32 Å². The van der Waals surface area contributed by atoms with Gasteiger partial charge in [-0.2, -0.15) is 0 Å². The lowest BCUT2D eigenvalue weighted by Crippen LogP contribution is -2.23. The Hall–Kier alpha value is -3.86. The molecule has 1 aliphatic heterocycles. The second-order valence-corrected chi connectivity index (χ2v) is 7.84. The fourth-order valence-corrected chi connectivity index (χ4v) is 4.14. The van der Waals surface area contributed by atoms with Gasteiger partial charge in [-0.25, -0.2) is 13.2 Å². The Labute approximate surface area is 183 Å². The zero-order valence-electron chi connectivity index (χ0n) is 16.9. The number of Topliss-reactive ketones (excluding diaryl/α,β-unsaturated/α-hetero) is 1. The first-order valence-electron chi connectivity index (χ1n) is 10.2. The molecule has 1 unspecified atom stereocenters. The molecule has 0 bridgehead atoms. The van der Waals surface area contributed by atoms with Crippen molar-refractivity contribution in [3.8, 4) is 22.3 Å². The minimum absolute atomic E-state index is 0.0574. The van der Waals surface area contributed by atoms with Gasteiger partial charge in [0.05, 0.1) is 6.04 Å². The third-order valence-corrected chi connectivity index (χ3v) is 5.74. The van der Waals surface area contributed by atoms with Crippen molar-refractivity contribution in [1.29, 1.82) is 0 Å². The molecule has 158 valence electrons. The van der Waals surface area contributed by atoms with Crippen molar-refractivity contribution in [1.82, 2.24) is 0 Å². The third-order valence-electron chi connectivity index (χ3n) is 5.74. The average Bonchev–Trinajstić information content (AvgIpc) is 2.79. The van der Waals surface area contributed by atoms with Crippen molar-refractivity contribution in [3.63, 3.8) is 0 Å². The molecule has 5 heteroatoms. The Morgan fingerprint density at radius 3 is 1.78 bits per heavy atom. The van der Waals surface area contributed by atoms with E-state index in [0.717, 1.165) is 16.7 Å². The van der Waals surface area contributed by atoms with E-state index < -0.39 is 0 Å². The second kappa shape index (κ2) is 8.00. The summed E-state index contributed by atoms with van der Waals surface area (Å²) in [5.41, 5.74) is 4.94. The highest BCUT2D eigenvalue weighted by atomic mass is 19.1. The van der Waals surface area contributed by atoms with Gasteiger partial charge in [-0.1, -0.05) is 36.4 Å². The van der Waals surface area contributed by atoms with E-state index >= 15 is 0 Å². The van der Waals surface area contributed by atoms with Gasteiger partial charge in [0.15, 0.2) is 5.78 Å². The number of fused-ring (bicyclic) bond motifs is 1. The average molecular weight is 429 g/mol. The lowest BCUT2D eigenvalue weighted by molar-refractivity contribution is 0.0973. The Morgan fingerprint density at radius 1 is 0.656 bits per heavy atom. The van der Waals surface area contributed by atoms with Crippen LogP contribution in [-0.4, -0.2) is 5.78 Å². The third kappa shape index (κ3) is 3.78. The molecule has 0 radical (unpaired) electrons. The molecule has 0 spiro atoms. The van der Waals surface area contributed by atoms with Crippen LogP contribution in [0.4, 0.5) is 18.9 Å². The summed E-state index contributed by atoms with van der Waals surface area (Å²) in [6.45, 7) is 0. The van der Waals surface area contributed by atoms with Gasteiger partial charge in [-0.3, -0.25) is 4.79 Å². The minimum Gasteiger partial charge on any atom is -0.377 e. The number of anilines is 1. The standard InChI is InChI=1S/C27H18F3NO/c28-20-7-1-16(2-8-20)19-13-23(17-3-9-21(29)10-4-17)27-25(14-19)31-24(15-26(27)32)18-5-11-22(30)12-6-18/h1-14,24,31H,15H2. The molecular weight excluding hydrogens is 411 g/mol. The second-order valence-electron chi connectivity index (χ2n) is 7.84. The van der Waals surface area contributed by atoms with Crippen LogP contribution in [0.2, 0.25) is 0 Å². The van der Waals surface area contributed by atoms with Gasteiger partial charge in [0, 0.05) is 17.7 Å². The molecule has 5 rings (SSSR count). The summed E-state index contributed by atoms with van der Waals surface area (Å²) < 4.78 is 40.4. The van der Waals surface area contributed by atoms with Crippen molar-refractivity contribution >= 4 is 11.5 Å². The van der Waals surface area contributed by atoms with Crippen LogP contribution in [-0.2, 0) is 0 Å². The Morgan fingerprint density at radius 2 is 1.19 bits per heavy atom. The fourth-order valence-electron chi connectivity index (χ4n) is 4.14. The SMILES string of the molecule is O=C1CC(c2ccc(F)cc2)Nc2cc(-c3ccc(F)cc3)cc(-c3ccc(F)cc3)c21. The van der Waals surface area contributed by atoms with E-state index in [9.17, 15) is 18.0 Å². The largest absolute Gasteiger partial charge is 0.377 e. The smallest absolute Gasteiger partial charge is 0.167 e. The molecular formula is C27H18F3NO. The van der Waals surface area contributed by atoms with Crippen LogP contribution in [0.1, 0.15) is 28.4 Å². The maximum Gasteiger partial charge on any atom is 0.167 e. The highest BCUT2D eigenvalue weighted by Crippen LogP contribution is 2.41. The van der Waals surface area contributed by atoms with Gasteiger partial charge in [0.1, 0.15) is 17.5 Å². The maximum absolute atomic E-state index is 13.5. The summed E-state index contributed by atoms with van der Waals surface area (Å²) in [7, 11) is 0. The topological polar surface area (TPSA) is 29.1 Å². The molecule has 32 heavy (non-hydrogen) atoms. The summed E-state index contributed by atoms with van der Waals surface area (Å²) in [5.74, 6) is -1.10. The first-order chi connectivity index (χ1) is 15.5. The zero-order chi connectivity index (χ0) is 22.2. The van der Waals surface area contributed by atoms with E-state index in [4.69, 9.17) is 0 Å². The molecule has 1 N–H and O–H groups in total. The molecule has 4 aromatic rings. The quantitative estimate of drug-likeness (QED) is 0.374. The predicted octanol–water partition coefficient (Wildman–Crippen LogP) is 7.18. The van der Waals surface area contributed by atoms with E-state index in [0.29, 0.717) is 22.4 Å². The highest BCUT2D eigenvalue weighted by molar-refractivity contribution is 6.10. The lowest BCUT2D eigenvalue weighted by atomic mass is 9.85. The normalized spacial score (nSPS) is 15.2. The maximum atomic E-state index is 13.5. The van der Waals surface area contributed by atoms with E-state index in [1.807, 2.05) is 12.1 Å². The van der Waals surface area contributed by atoms with Crippen molar-refractivity contribution in [2.45, 2.75) is 12.5 Å². The fraction of sp³-hybridized carbons (Fsp3) is 0.0741. The van der Waals surface area contributed by atoms with E-state index in [2.05, 4.69) is 5.32 Å². The van der Waals surface area contributed by atoms with Gasteiger partial charge in [-0.15, -0.1) is 0 Å². The minimum atomic E-state index is -0.363. The molecule has 0 saturated carbocycles. The summed E-state index contributed by atoms with van der Waals surface area (Å²) in [6.07, 6.45) is 0.211. The van der Waals surface area contributed by atoms with Crippen LogP contribution < -0.4 is 5.32 Å². The van der Waals surface area contributed by atoms with E-state index in [1.165, 1.54) is 36.4 Å². The number of nitrogens with one attached hydrogen (secondary N) is 1. The molecule has 0 aromatic heterocycles. The number of ketones is 1. The molecule has 0 saturated heterocycles. The molecule has 2 nitrogen and oxygen atoms in total. The predicted molar refractivity (Wildman–Crippen MR) is 119 cm³/mol. The van der Waals surface area contributed by atoms with Crippen LogP contribution >= 0.6 is 0 Å². The van der Waals surface area contributed by atoms with E-state index in [-0.39, 0.29) is 35.7 Å². The van der Waals surface area contributed by atoms with Crippen LogP contribution in [0.5, 0.6) is 0 Å². The van der Waals surface area contributed by atoms with Gasteiger partial charge >= 0.3 is 0 Å². The Kier molecular flexibility index (Phi) is 5.02. The first-order valence-corrected chi connectivity index (χ1v) is 10.2. The first kappa shape index (κ1) is 20.1. The molecule has 1 atom stereocenters. The molecule has 0 aliphatic carbocycles. The van der Waals surface area contributed by atoms with Gasteiger partial charge in [0.25, 0.3) is 0 Å². The molecule has 1 aliphatic rings. The van der Waals surface area contributed by atoms with Crippen molar-refractivity contribution in [2.24, 2.45) is 0 Å². The summed E-state index contributed by atoms with van der Waals surface area (Å²) in [5, 5.41) is 3.41. The Balaban J connectivity index is 1.66. The number of rotatable bonds is 3. The molecule has 1 heterocycles. The van der Waals surface area contributed by atoms with Crippen molar-refractivity contribution in [3.05, 3.63) is 114 Å². The van der Waals surface area contributed by atoms with Gasteiger partial charge < -0.3 is 5.32 Å². The number of carbonyl (C=O) groups excluding carboxylic acids is 1. The monoisotopic (exact) mass is 429 g/mol. The van der Waals surface area contributed by atoms with Crippen molar-refractivity contribution < 1.29 is 18.0 Å². The zero-order valence-corrected chi connectivity index (χ0v) is 16.9. The summed E-state index contributed by atoms with van der Waals surface area (Å²) >= 11 is 0. The van der Waals surface area contributed by atoms with Crippen LogP contribution in [0.3, 0.4) is 0 Å². The van der Waals surface area contributed by atoms with Gasteiger partial charge in [0.2, 0.25) is 0 Å². The summed E-state index contributed by atoms with van der Waals surface area (Å²) in [6, 6.07) is 21.6. The molecule has 0 amide bonds. The number of hydrogen-bond acceptors (Lipinski definition) is 2. The molecule has 0 fully saturated rings. The Bertz CT molecular complexity index is 1300. The van der Waals surface area contributed by atoms with Crippen LogP contribution in [0.15, 0.2) is 84.9 Å². The molecule has 4 aromatic carbocycles. The highest BCUT2D eigenvalue weighted by Gasteiger charge is 2.29. The lowest BCUT2D eigenvalue weighted by Gasteiger charge is -2.29. The number of halogens is 3. The van der Waals surface area contributed by atoms with Crippen LogP contribution in [0, 0.1) is 17.5 Å². The number of benzene rings is 4. The number of hydrogen-bond donors (Lipinski definition) is 1. The number of carbonyl (C=O) groups is 1. The summed E-state index contributed by atoms with van der Waals surface area (Å²) in [4.78, 5) is 13.3. The van der Waals surface area contributed by atoms with Crippen LogP contribution in [0.25, 0.3) is 22.3 Å². The van der Waals surface area contributed by atoms with E-state index in [1.54, 1.807) is 36.4 Å². The van der Waals surface area contributed by atoms with Gasteiger partial charge in [-0.05, 0) is 76.3 Å².